The minimum Gasteiger partial charge on any atom is -0.118 e. The summed E-state index contributed by atoms with van der Waals surface area (Å²) in [5, 5.41) is 12.0. The summed E-state index contributed by atoms with van der Waals surface area (Å²) in [6.07, 6.45) is 0. The Kier molecular flexibility index (Phi) is 7.73. The van der Waals surface area contributed by atoms with E-state index in [-0.39, 0.29) is 65.4 Å². The molecule has 0 N–H and O–H groups in total. The van der Waals surface area contributed by atoms with Crippen LogP contribution in [-0.4, -0.2) is 0 Å². The fourth-order valence-corrected chi connectivity index (χ4v) is 6.14. The molecule has 0 nitrogen and oxygen atoms in total. The van der Waals surface area contributed by atoms with E-state index in [1.165, 1.54) is 54.6 Å². The Morgan fingerprint density at radius 3 is 0.825 bits per heavy atom. The van der Waals surface area contributed by atoms with Gasteiger partial charge in [-0.2, -0.15) is 0 Å². The summed E-state index contributed by atoms with van der Waals surface area (Å²) in [7, 11) is 0. The average molecular weight is 656 g/mol. The Bertz CT molecular complexity index is 1930. The van der Waals surface area contributed by atoms with Gasteiger partial charge in [0.1, 0.15) is 0 Å². The maximum absolute atomic E-state index is 3.64. The zero-order chi connectivity index (χ0) is 25.1. The van der Waals surface area contributed by atoms with Crippen molar-refractivity contribution in [2.75, 3.05) is 0 Å². The largest absolute Gasteiger partial charge is 0.118 e. The van der Waals surface area contributed by atoms with Crippen LogP contribution in [0.25, 0.3) is 76.1 Å². The van der Waals surface area contributed by atoms with Crippen molar-refractivity contribution in [1.82, 2.24) is 0 Å². The molecule has 0 saturated carbocycles. The third-order valence-electron chi connectivity index (χ3n) is 7.79. The number of benzene rings is 8. The molecule has 40 heavy (non-hydrogen) atoms. The molecule has 0 aliphatic carbocycles. The van der Waals surface area contributed by atoms with Crippen LogP contribution in [0.4, 0.5) is 0 Å². The summed E-state index contributed by atoms with van der Waals surface area (Å²) in [6, 6.07) is 55.3. The molecule has 0 aromatic heterocycles. The van der Waals surface area contributed by atoms with E-state index < -0.39 is 0 Å². The van der Waals surface area contributed by atoms with Gasteiger partial charge < -0.3 is 0 Å². The van der Waals surface area contributed by atoms with Crippen molar-refractivity contribution in [2.45, 2.75) is 0 Å². The van der Waals surface area contributed by atoms with E-state index in [4.69, 9.17) is 0 Å². The molecule has 0 aliphatic heterocycles. The van der Waals surface area contributed by atoms with Crippen molar-refractivity contribution >= 4 is 53.9 Å². The van der Waals surface area contributed by atoms with E-state index in [1.807, 2.05) is 0 Å². The van der Waals surface area contributed by atoms with Gasteiger partial charge in [-0.05, 0) is 21.9 Å². The van der Waals surface area contributed by atoms with E-state index >= 15 is 0 Å². The van der Waals surface area contributed by atoms with Crippen LogP contribution >= 0.6 is 0 Å². The Labute approximate surface area is 284 Å². The van der Waals surface area contributed by atoms with E-state index in [0.717, 1.165) is 21.5 Å². The molecule has 0 spiro atoms. The second-order valence-electron chi connectivity index (χ2n) is 9.89. The van der Waals surface area contributed by atoms with Gasteiger partial charge in [-0.15, -0.1) is 57.9 Å². The quantitative estimate of drug-likeness (QED) is 0.128. The minimum atomic E-state index is 0. The maximum atomic E-state index is 3.64. The molecule has 2 radical (unpaired) electrons. The Balaban J connectivity index is 0.00000145. The summed E-state index contributed by atoms with van der Waals surface area (Å²) in [5.41, 5.74) is 5.05. The first-order valence-electron chi connectivity index (χ1n) is 13.0. The molecule has 0 bridgehead atoms. The molecule has 8 aromatic carbocycles. The second-order valence-corrected chi connectivity index (χ2v) is 9.89. The maximum Gasteiger partial charge on any atom is 0 e. The molecule has 8 aromatic rings. The molecule has 0 unspecified atom stereocenters. The average Bonchev–Trinajstić information content (AvgIpc) is 2.98. The molecular formula is C38H22Y2-2. The Hall–Kier alpha value is -2.73. The summed E-state index contributed by atoms with van der Waals surface area (Å²) in [5.74, 6) is 0. The van der Waals surface area contributed by atoms with Gasteiger partial charge in [0.2, 0.25) is 0 Å². The third-order valence-corrected chi connectivity index (χ3v) is 7.79. The van der Waals surface area contributed by atoms with Gasteiger partial charge in [0.15, 0.2) is 0 Å². The first-order valence-corrected chi connectivity index (χ1v) is 13.0. The standard InChI is InChI=1S/C38H22.2Y/c1-5-15-29-25(11-1)23-26-12-2-6-16-30(26)37(29)35-21-22-36(34-20-10-9-19-33(34)35)38-31-17-7-3-13-27(31)24-28-14-4-8-18-32(28)38;;/h1-22H;;/q-2;;. The van der Waals surface area contributed by atoms with E-state index in [2.05, 4.69) is 146 Å². The predicted molar refractivity (Wildman–Crippen MR) is 163 cm³/mol. The van der Waals surface area contributed by atoms with Gasteiger partial charge >= 0.3 is 0 Å². The Morgan fingerprint density at radius 1 is 0.275 bits per heavy atom. The predicted octanol–water partition coefficient (Wildman–Crippen LogP) is 10.4. The van der Waals surface area contributed by atoms with Crippen molar-refractivity contribution in [1.29, 1.82) is 0 Å². The van der Waals surface area contributed by atoms with Crippen molar-refractivity contribution in [3.63, 3.8) is 0 Å². The zero-order valence-electron chi connectivity index (χ0n) is 21.9. The van der Waals surface area contributed by atoms with Crippen LogP contribution in [0.3, 0.4) is 0 Å². The Morgan fingerprint density at radius 2 is 0.525 bits per heavy atom. The summed E-state index contributed by atoms with van der Waals surface area (Å²) < 4.78 is 0. The molecule has 8 rings (SSSR count). The summed E-state index contributed by atoms with van der Waals surface area (Å²) in [6.45, 7) is 0. The molecule has 0 heterocycles. The van der Waals surface area contributed by atoms with E-state index in [9.17, 15) is 0 Å². The smallest absolute Gasteiger partial charge is 0 e. The molecule has 0 fully saturated rings. The van der Waals surface area contributed by atoms with Crippen LogP contribution in [0.2, 0.25) is 0 Å². The summed E-state index contributed by atoms with van der Waals surface area (Å²) >= 11 is 0. The first kappa shape index (κ1) is 27.4. The number of rotatable bonds is 2. The topological polar surface area (TPSA) is 0 Å². The van der Waals surface area contributed by atoms with Crippen LogP contribution in [0.15, 0.2) is 133 Å². The first-order chi connectivity index (χ1) is 18.9. The van der Waals surface area contributed by atoms with Gasteiger partial charge in [-0.3, -0.25) is 0 Å². The van der Waals surface area contributed by atoms with Crippen molar-refractivity contribution in [3.05, 3.63) is 146 Å². The molecule has 0 amide bonds. The van der Waals surface area contributed by atoms with Crippen LogP contribution in [-0.2, 0) is 65.4 Å². The fourth-order valence-electron chi connectivity index (χ4n) is 6.14. The molecule has 182 valence electrons. The monoisotopic (exact) mass is 656 g/mol. The summed E-state index contributed by atoms with van der Waals surface area (Å²) in [4.78, 5) is 0. The molecule has 0 saturated heterocycles. The van der Waals surface area contributed by atoms with Crippen molar-refractivity contribution < 1.29 is 65.4 Å². The number of hydrogen-bond donors (Lipinski definition) is 0. The second kappa shape index (κ2) is 11.3. The number of hydrogen-bond acceptors (Lipinski definition) is 0. The van der Waals surface area contributed by atoms with Crippen molar-refractivity contribution in [3.8, 4) is 22.3 Å². The van der Waals surface area contributed by atoms with Gasteiger partial charge in [-0.25, -0.2) is 0 Å². The molecule has 2 heteroatoms. The van der Waals surface area contributed by atoms with Crippen LogP contribution < -0.4 is 0 Å². The van der Waals surface area contributed by atoms with Gasteiger partial charge in [0, 0.05) is 65.4 Å². The fraction of sp³-hybridized carbons (Fsp3) is 0. The third kappa shape index (κ3) is 4.38. The van der Waals surface area contributed by atoms with Crippen molar-refractivity contribution in [2.24, 2.45) is 0 Å². The number of fused-ring (bicyclic) bond motifs is 5. The normalized spacial score (nSPS) is 11.1. The zero-order valence-corrected chi connectivity index (χ0v) is 27.5. The van der Waals surface area contributed by atoms with Gasteiger partial charge in [0.25, 0.3) is 0 Å². The minimum absolute atomic E-state index is 0. The van der Waals surface area contributed by atoms with Crippen LogP contribution in [0, 0.1) is 12.1 Å². The van der Waals surface area contributed by atoms with Crippen LogP contribution in [0.1, 0.15) is 0 Å². The SMILES string of the molecule is [Y].[Y].[c-]1c2ccccc2c(-c2ccc(-c3c4ccccc4[c-]c4ccccc34)c3ccccc23)c2ccccc12. The van der Waals surface area contributed by atoms with Crippen LogP contribution in [0.5, 0.6) is 0 Å². The molecule has 0 aliphatic rings. The van der Waals surface area contributed by atoms with E-state index in [0.29, 0.717) is 0 Å². The van der Waals surface area contributed by atoms with Gasteiger partial charge in [0.05, 0.1) is 0 Å². The molecular weight excluding hydrogens is 634 g/mol. The van der Waals surface area contributed by atoms with Gasteiger partial charge in [-0.1, -0.05) is 142 Å². The van der Waals surface area contributed by atoms with E-state index in [1.54, 1.807) is 0 Å². The molecule has 0 atom stereocenters.